The van der Waals surface area contributed by atoms with Gasteiger partial charge in [-0.15, -0.1) is 0 Å². The second-order valence-electron chi connectivity index (χ2n) is 6.27. The Bertz CT molecular complexity index is 1110. The van der Waals surface area contributed by atoms with Crippen molar-refractivity contribution in [3.8, 4) is 0 Å². The molecule has 0 saturated heterocycles. The molecule has 27 heavy (non-hydrogen) atoms. The summed E-state index contributed by atoms with van der Waals surface area (Å²) in [7, 11) is 1.82. The lowest BCUT2D eigenvalue weighted by Crippen LogP contribution is -2.31. The Morgan fingerprint density at radius 1 is 1.11 bits per heavy atom. The summed E-state index contributed by atoms with van der Waals surface area (Å²) >= 11 is 0. The van der Waals surface area contributed by atoms with E-state index in [1.807, 2.05) is 7.05 Å². The van der Waals surface area contributed by atoms with E-state index in [2.05, 4.69) is 15.3 Å². The molecule has 0 aliphatic heterocycles. The Morgan fingerprint density at radius 2 is 1.85 bits per heavy atom. The molecule has 2 N–H and O–H groups in total. The number of rotatable bonds is 4. The maximum Gasteiger partial charge on any atom is 0.268 e. The van der Waals surface area contributed by atoms with Crippen molar-refractivity contribution in [3.63, 3.8) is 0 Å². The summed E-state index contributed by atoms with van der Waals surface area (Å²) in [6.45, 7) is 0. The Morgan fingerprint density at radius 3 is 2.56 bits per heavy atom. The van der Waals surface area contributed by atoms with E-state index in [1.54, 1.807) is 41.2 Å². The number of aryl methyl sites for hydroxylation is 1. The van der Waals surface area contributed by atoms with Gasteiger partial charge in [0.15, 0.2) is 0 Å². The minimum Gasteiger partial charge on any atom is -0.351 e. The molecule has 0 radical (unpaired) electrons. The number of aromatic amines is 1. The zero-order valence-corrected chi connectivity index (χ0v) is 14.4. The van der Waals surface area contributed by atoms with Crippen LogP contribution in [0.15, 0.2) is 60.9 Å². The molecule has 0 fully saturated rings. The highest BCUT2D eigenvalue weighted by Crippen LogP contribution is 2.22. The smallest absolute Gasteiger partial charge is 0.268 e. The quantitative estimate of drug-likeness (QED) is 0.579. The third-order valence-electron chi connectivity index (χ3n) is 4.42. The van der Waals surface area contributed by atoms with Gasteiger partial charge in [0.05, 0.1) is 0 Å². The van der Waals surface area contributed by atoms with Crippen LogP contribution < -0.4 is 5.32 Å². The lowest BCUT2D eigenvalue weighted by Gasteiger charge is -2.19. The van der Waals surface area contributed by atoms with Crippen LogP contribution in [-0.2, 0) is 7.05 Å². The zero-order chi connectivity index (χ0) is 19.0. The molecule has 7 heteroatoms. The molecule has 4 rings (SSSR count). The summed E-state index contributed by atoms with van der Waals surface area (Å²) in [6.07, 6.45) is 3.40. The third-order valence-corrected chi connectivity index (χ3v) is 4.42. The number of aromatic nitrogens is 3. The maximum absolute atomic E-state index is 13.4. The van der Waals surface area contributed by atoms with Crippen molar-refractivity contribution in [2.24, 2.45) is 7.05 Å². The highest BCUT2D eigenvalue weighted by Gasteiger charge is 2.22. The number of nitrogens with zero attached hydrogens (tertiary/aromatic N) is 2. The molecule has 1 amide bonds. The van der Waals surface area contributed by atoms with Crippen molar-refractivity contribution in [1.29, 1.82) is 0 Å². The fourth-order valence-electron chi connectivity index (χ4n) is 3.04. The monoisotopic (exact) mass is 366 g/mol. The van der Waals surface area contributed by atoms with E-state index in [-0.39, 0.29) is 17.5 Å². The second kappa shape index (κ2) is 6.68. The van der Waals surface area contributed by atoms with Gasteiger partial charge in [-0.2, -0.15) is 0 Å². The largest absolute Gasteiger partial charge is 0.351 e. The van der Waals surface area contributed by atoms with E-state index in [0.29, 0.717) is 28.0 Å². The number of hydrogen-bond acceptors (Lipinski definition) is 2. The molecule has 0 saturated carbocycles. The number of amides is 1. The number of carbonyl (C=O) groups excluding carboxylic acids is 1. The first-order chi connectivity index (χ1) is 13.0. The summed E-state index contributed by atoms with van der Waals surface area (Å²) in [5.41, 5.74) is 1.66. The number of carbonyl (C=O) groups is 1. The van der Waals surface area contributed by atoms with Gasteiger partial charge in [0.1, 0.15) is 29.2 Å². The molecule has 5 nitrogen and oxygen atoms in total. The van der Waals surface area contributed by atoms with Gasteiger partial charge < -0.3 is 14.9 Å². The molecule has 2 heterocycles. The van der Waals surface area contributed by atoms with Crippen molar-refractivity contribution >= 4 is 16.8 Å². The summed E-state index contributed by atoms with van der Waals surface area (Å²) in [4.78, 5) is 20.1. The number of imidazole rings is 1. The van der Waals surface area contributed by atoms with Crippen LogP contribution in [0.25, 0.3) is 10.9 Å². The zero-order valence-electron chi connectivity index (χ0n) is 14.4. The van der Waals surface area contributed by atoms with E-state index in [1.165, 1.54) is 24.3 Å². The van der Waals surface area contributed by atoms with Gasteiger partial charge in [0, 0.05) is 30.3 Å². The predicted molar refractivity (Wildman–Crippen MR) is 97.2 cm³/mol. The number of nitrogens with one attached hydrogen (secondary N) is 2. The fraction of sp³-hybridized carbons (Fsp3) is 0.100. The summed E-state index contributed by atoms with van der Waals surface area (Å²) in [5, 5.41) is 3.53. The topological polar surface area (TPSA) is 62.7 Å². The van der Waals surface area contributed by atoms with E-state index < -0.39 is 6.04 Å². The Kier molecular flexibility index (Phi) is 4.19. The molecule has 0 bridgehead atoms. The minimum atomic E-state index is -0.568. The molecule has 136 valence electrons. The first kappa shape index (κ1) is 17.0. The number of H-pyrrole nitrogens is 1. The molecule has 0 aliphatic rings. The van der Waals surface area contributed by atoms with Crippen LogP contribution in [0.2, 0.25) is 0 Å². The standard InChI is InChI=1S/C20H16F2N4O/c1-26-9-8-23-19(26)18(12-2-4-14(21)5-3-12)25-20(27)17-11-13-10-15(22)6-7-16(13)24-17/h2-11,18,24H,1H3,(H,25,27). The molecule has 4 aromatic rings. The lowest BCUT2D eigenvalue weighted by atomic mass is 10.1. The number of benzene rings is 2. The Labute approximate surface area is 153 Å². The fourth-order valence-corrected chi connectivity index (χ4v) is 3.04. The van der Waals surface area contributed by atoms with Gasteiger partial charge >= 0.3 is 0 Å². The van der Waals surface area contributed by atoms with Crippen LogP contribution in [0.5, 0.6) is 0 Å². The lowest BCUT2D eigenvalue weighted by molar-refractivity contribution is 0.0937. The summed E-state index contributed by atoms with van der Waals surface area (Å²) in [6, 6.07) is 11.2. The summed E-state index contributed by atoms with van der Waals surface area (Å²) < 4.78 is 28.5. The van der Waals surface area contributed by atoms with Crippen LogP contribution >= 0.6 is 0 Å². The molecule has 0 spiro atoms. The molecule has 1 unspecified atom stereocenters. The average Bonchev–Trinajstić information content (AvgIpc) is 3.26. The van der Waals surface area contributed by atoms with E-state index in [0.717, 1.165) is 0 Å². The van der Waals surface area contributed by atoms with Gasteiger partial charge in [0.2, 0.25) is 0 Å². The van der Waals surface area contributed by atoms with Gasteiger partial charge in [-0.05, 0) is 42.0 Å². The molecule has 2 aromatic carbocycles. The first-order valence-corrected chi connectivity index (χ1v) is 8.33. The highest BCUT2D eigenvalue weighted by molar-refractivity contribution is 5.98. The SMILES string of the molecule is Cn1ccnc1C(NC(=O)c1cc2cc(F)ccc2[nH]1)c1ccc(F)cc1. The number of hydrogen-bond donors (Lipinski definition) is 2. The molecule has 2 aromatic heterocycles. The molecular weight excluding hydrogens is 350 g/mol. The maximum atomic E-state index is 13.4. The van der Waals surface area contributed by atoms with Crippen LogP contribution in [0.3, 0.4) is 0 Å². The van der Waals surface area contributed by atoms with Crippen molar-refractivity contribution in [2.45, 2.75) is 6.04 Å². The predicted octanol–water partition coefficient (Wildman–Crippen LogP) is 3.70. The van der Waals surface area contributed by atoms with Gasteiger partial charge in [-0.1, -0.05) is 12.1 Å². The van der Waals surface area contributed by atoms with E-state index >= 15 is 0 Å². The van der Waals surface area contributed by atoms with Crippen LogP contribution in [0.4, 0.5) is 8.78 Å². The van der Waals surface area contributed by atoms with Crippen molar-refractivity contribution < 1.29 is 13.6 Å². The first-order valence-electron chi connectivity index (χ1n) is 8.33. The molecular formula is C20H16F2N4O. The van der Waals surface area contributed by atoms with E-state index in [4.69, 9.17) is 0 Å². The van der Waals surface area contributed by atoms with Crippen LogP contribution in [-0.4, -0.2) is 20.4 Å². The third kappa shape index (κ3) is 3.31. The Hall–Kier alpha value is -3.48. The summed E-state index contributed by atoms with van der Waals surface area (Å²) in [5.74, 6) is -0.493. The number of fused-ring (bicyclic) bond motifs is 1. The van der Waals surface area contributed by atoms with Crippen LogP contribution in [0.1, 0.15) is 27.9 Å². The van der Waals surface area contributed by atoms with Crippen molar-refractivity contribution in [2.75, 3.05) is 0 Å². The minimum absolute atomic E-state index is 0.303. The van der Waals surface area contributed by atoms with Crippen molar-refractivity contribution in [3.05, 3.63) is 89.6 Å². The molecule has 1 atom stereocenters. The van der Waals surface area contributed by atoms with Crippen molar-refractivity contribution in [1.82, 2.24) is 19.9 Å². The van der Waals surface area contributed by atoms with Gasteiger partial charge in [0.25, 0.3) is 5.91 Å². The van der Waals surface area contributed by atoms with Gasteiger partial charge in [-0.3, -0.25) is 4.79 Å². The van der Waals surface area contributed by atoms with E-state index in [9.17, 15) is 13.6 Å². The average molecular weight is 366 g/mol. The number of halogens is 2. The highest BCUT2D eigenvalue weighted by atomic mass is 19.1. The van der Waals surface area contributed by atoms with Crippen LogP contribution in [0, 0.1) is 11.6 Å². The second-order valence-corrected chi connectivity index (χ2v) is 6.27. The Balaban J connectivity index is 1.68. The molecule has 0 aliphatic carbocycles. The normalized spacial score (nSPS) is 12.3. The van der Waals surface area contributed by atoms with Gasteiger partial charge in [-0.25, -0.2) is 13.8 Å².